The third-order valence-corrected chi connectivity index (χ3v) is 21.1. The van der Waals surface area contributed by atoms with E-state index >= 15 is 19.2 Å². The molecular formula is C85H113N15O19S. The molecule has 0 aliphatic carbocycles. The molecule has 0 radical (unpaired) electrons. The number of benzene rings is 5. The Bertz CT molecular complexity index is 4380. The molecule has 120 heavy (non-hydrogen) atoms. The highest BCUT2D eigenvalue weighted by Crippen LogP contribution is 2.23. The molecule has 1 heterocycles. The van der Waals surface area contributed by atoms with Crippen molar-refractivity contribution in [2.45, 2.75) is 172 Å². The zero-order chi connectivity index (χ0) is 88.6. The van der Waals surface area contributed by atoms with Gasteiger partial charge >= 0.3 is 5.97 Å². The third kappa shape index (κ3) is 30.5. The fraction of sp³-hybridized carbons (Fsp3) is 0.459. The SMILES string of the molecule is CCCCC1C(=O)N(C)CC(=O)NC(CC(=O)O)C(=O)NC(C(C)C)C(=O)N(C)C(Cc2ccccc2)C(=O)NC(Cc2ccc(O)cc2)C(=O)N(C)CC(=O)NC(C)C(=O)NC(Cc2ccc(O)cc2)C(=O)NC(CC(C)C)C(=O)NC(C(=O)NCC(N)=O)CSCC(=O)NC(Cc2ccccc2)C(=O)N(C)C(Cc2ccccc2)C(=O)N1C. The number of thioether (sulfide) groups is 1. The first-order valence-corrected chi connectivity index (χ1v) is 40.7. The Hall–Kier alpha value is -12.4. The van der Waals surface area contributed by atoms with E-state index in [4.69, 9.17) is 5.73 Å². The summed E-state index contributed by atoms with van der Waals surface area (Å²) in [5.41, 5.74) is 7.93. The van der Waals surface area contributed by atoms with E-state index in [9.17, 15) is 72.9 Å². The normalized spacial score (nSPS) is 22.6. The second-order valence-corrected chi connectivity index (χ2v) is 31.7. The Labute approximate surface area is 702 Å². The number of carboxylic acids is 1. The Morgan fingerprint density at radius 1 is 0.467 bits per heavy atom. The molecule has 34 nitrogen and oxygen atoms in total. The van der Waals surface area contributed by atoms with Gasteiger partial charge in [-0.3, -0.25) is 76.7 Å². The summed E-state index contributed by atoms with van der Waals surface area (Å²) in [6.07, 6.45) is -1.16. The van der Waals surface area contributed by atoms with Gasteiger partial charge in [0.1, 0.15) is 78.0 Å². The summed E-state index contributed by atoms with van der Waals surface area (Å²) in [4.78, 5) is 236. The predicted molar refractivity (Wildman–Crippen MR) is 446 cm³/mol. The number of phenols is 2. The van der Waals surface area contributed by atoms with Crippen LogP contribution >= 0.6 is 11.8 Å². The van der Waals surface area contributed by atoms with Crippen molar-refractivity contribution in [3.05, 3.63) is 167 Å². The molecule has 0 saturated carbocycles. The molecule has 1 aliphatic heterocycles. The number of phenolic OH excluding ortho intramolecular Hbond substituents is 2. The van der Waals surface area contributed by atoms with Crippen LogP contribution in [0.4, 0.5) is 0 Å². The Kier molecular flexibility index (Phi) is 37.9. The molecule has 1 aliphatic rings. The van der Waals surface area contributed by atoms with Crippen molar-refractivity contribution in [1.29, 1.82) is 0 Å². The van der Waals surface area contributed by atoms with Gasteiger partial charge in [0.2, 0.25) is 88.6 Å². The molecule has 1 saturated heterocycles. The van der Waals surface area contributed by atoms with E-state index in [2.05, 4.69) is 47.9 Å². The summed E-state index contributed by atoms with van der Waals surface area (Å²) in [6, 6.07) is 20.4. The monoisotopic (exact) mass is 1680 g/mol. The lowest BCUT2D eigenvalue weighted by Crippen LogP contribution is -2.61. The fourth-order valence-corrected chi connectivity index (χ4v) is 14.2. The molecule has 11 atom stereocenters. The number of rotatable bonds is 21. The molecule has 5 aromatic carbocycles. The summed E-state index contributed by atoms with van der Waals surface area (Å²) in [7, 11) is 6.51. The minimum Gasteiger partial charge on any atom is -0.508 e. The number of carboxylic acid groups (broad SMARTS) is 1. The maximum Gasteiger partial charge on any atom is 0.305 e. The third-order valence-electron chi connectivity index (χ3n) is 20.1. The topological polar surface area (TPSA) is 484 Å². The molecular weight excluding hydrogens is 1570 g/mol. The zero-order valence-corrected chi connectivity index (χ0v) is 70.3. The lowest BCUT2D eigenvalue weighted by Gasteiger charge is -2.37. The molecule has 35 heteroatoms. The van der Waals surface area contributed by atoms with E-state index in [1.54, 1.807) is 119 Å². The lowest BCUT2D eigenvalue weighted by molar-refractivity contribution is -0.151. The smallest absolute Gasteiger partial charge is 0.305 e. The van der Waals surface area contributed by atoms with Crippen LogP contribution in [0.3, 0.4) is 0 Å². The van der Waals surface area contributed by atoms with Crippen LogP contribution in [0.25, 0.3) is 0 Å². The van der Waals surface area contributed by atoms with Crippen LogP contribution in [-0.2, 0) is 109 Å². The lowest BCUT2D eigenvalue weighted by atomic mass is 9.98. The van der Waals surface area contributed by atoms with E-state index < -0.39 is 199 Å². The predicted octanol–water partition coefficient (Wildman–Crippen LogP) is 0.622. The second-order valence-electron chi connectivity index (χ2n) is 30.7. The largest absolute Gasteiger partial charge is 0.508 e. The van der Waals surface area contributed by atoms with E-state index in [0.717, 1.165) is 26.5 Å². The highest BCUT2D eigenvalue weighted by atomic mass is 32.2. The van der Waals surface area contributed by atoms with Gasteiger partial charge in [-0.2, -0.15) is 0 Å². The number of nitrogens with two attached hydrogens (primary N) is 1. The van der Waals surface area contributed by atoms with Gasteiger partial charge in [-0.05, 0) is 83.7 Å². The molecule has 6 rings (SSSR count). The van der Waals surface area contributed by atoms with E-state index in [1.807, 2.05) is 6.92 Å². The van der Waals surface area contributed by atoms with Gasteiger partial charge in [0, 0.05) is 73.1 Å². The first-order valence-electron chi connectivity index (χ1n) is 39.6. The van der Waals surface area contributed by atoms with Crippen molar-refractivity contribution in [2.75, 3.05) is 66.4 Å². The number of hydrogen-bond donors (Lipinski definition) is 13. The molecule has 0 spiro atoms. The van der Waals surface area contributed by atoms with Crippen LogP contribution in [0.1, 0.15) is 101 Å². The highest BCUT2D eigenvalue weighted by Gasteiger charge is 2.42. The molecule has 5 aromatic rings. The van der Waals surface area contributed by atoms with Crippen molar-refractivity contribution in [3.8, 4) is 11.5 Å². The number of likely N-dealkylation sites (N-methyl/N-ethyl adjacent to an activating group) is 5. The number of nitrogens with zero attached hydrogens (tertiary/aromatic N) is 5. The summed E-state index contributed by atoms with van der Waals surface area (Å²) in [5.74, 6) is -17.2. The average Bonchev–Trinajstić information content (AvgIpc) is 0.813. The van der Waals surface area contributed by atoms with Crippen molar-refractivity contribution >= 4 is 106 Å². The first-order chi connectivity index (χ1) is 56.8. The van der Waals surface area contributed by atoms with Crippen molar-refractivity contribution in [1.82, 2.24) is 72.4 Å². The number of carbonyl (C=O) groups is 16. The van der Waals surface area contributed by atoms with Crippen molar-refractivity contribution < 1.29 is 92.0 Å². The number of primary amides is 1. The van der Waals surface area contributed by atoms with Crippen LogP contribution in [0.2, 0.25) is 0 Å². The standard InChI is InChI=1S/C85H113N15O19S/c1-12-13-29-66-83(117)97(8)47-71(105)89-62(44-73(107)108)79(113)95-74(51(4)5)85(119)99(10)67(42-54-25-19-15-20-26-54)80(114)93-63(41-57-32-36-59(102)37-33-57)81(115)96(7)46-70(104)88-52(6)75(109)91-61(39-56-30-34-58(101)35-31-56)78(112)92-60(38-50(2)3)77(111)94-65(76(110)87-45-69(86)103)48-120-49-72(106)90-64(40-53-23-17-14-18-24-53)82(116)100(11)68(84(118)98(66)9)43-55-27-21-16-22-28-55/h14-28,30-37,50-52,60-68,74,101-102H,12-13,29,38-49H2,1-11H3,(H2,86,103)(H,87,110)(H,88,104)(H,89,105)(H,90,106)(H,91,109)(H,92,112)(H,93,114)(H,94,111)(H,95,113)(H,107,108). The number of unbranched alkanes of at least 4 members (excludes halogenated alkanes) is 1. The maximum absolute atomic E-state index is 15.4. The van der Waals surface area contributed by atoms with Gasteiger partial charge in [-0.1, -0.05) is 163 Å². The maximum atomic E-state index is 15.4. The summed E-state index contributed by atoms with van der Waals surface area (Å²) < 4.78 is 0. The molecule has 1 fully saturated rings. The highest BCUT2D eigenvalue weighted by molar-refractivity contribution is 8.00. The minimum absolute atomic E-state index is 0.0344. The van der Waals surface area contributed by atoms with Crippen LogP contribution in [0.5, 0.6) is 11.5 Å². The number of amides is 15. The van der Waals surface area contributed by atoms with Gasteiger partial charge in [0.15, 0.2) is 0 Å². The summed E-state index contributed by atoms with van der Waals surface area (Å²) in [5, 5.41) is 54.0. The van der Waals surface area contributed by atoms with Gasteiger partial charge in [0.05, 0.1) is 31.8 Å². The first kappa shape index (κ1) is 96.4. The van der Waals surface area contributed by atoms with Crippen LogP contribution in [0.15, 0.2) is 140 Å². The molecule has 0 bridgehead atoms. The number of aliphatic carboxylic acids is 1. The molecule has 648 valence electrons. The fourth-order valence-electron chi connectivity index (χ4n) is 13.4. The Morgan fingerprint density at radius 3 is 1.41 bits per heavy atom. The Morgan fingerprint density at radius 2 is 0.900 bits per heavy atom. The number of nitrogens with one attached hydrogen (secondary N) is 9. The second kappa shape index (κ2) is 47.2. The quantitative estimate of drug-likeness (QED) is 0.0479. The zero-order valence-electron chi connectivity index (χ0n) is 69.5. The Balaban J connectivity index is 1.44. The molecule has 0 aromatic heterocycles. The number of carbonyl (C=O) groups excluding carboxylic acids is 15. The van der Waals surface area contributed by atoms with Crippen LogP contribution in [-0.4, -0.2) is 267 Å². The summed E-state index contributed by atoms with van der Waals surface area (Å²) in [6.45, 7) is 7.49. The molecule has 14 N–H and O–H groups in total. The van der Waals surface area contributed by atoms with Gasteiger partial charge in [-0.15, -0.1) is 11.8 Å². The van der Waals surface area contributed by atoms with Gasteiger partial charge < -0.3 is 93.4 Å². The molecule has 11 unspecified atom stereocenters. The van der Waals surface area contributed by atoms with Gasteiger partial charge in [0.25, 0.3) is 0 Å². The van der Waals surface area contributed by atoms with E-state index in [0.29, 0.717) is 40.7 Å². The van der Waals surface area contributed by atoms with Crippen LogP contribution < -0.4 is 53.6 Å². The average molecular weight is 1680 g/mol. The van der Waals surface area contributed by atoms with Crippen molar-refractivity contribution in [3.63, 3.8) is 0 Å². The minimum atomic E-state index is -1.89. The summed E-state index contributed by atoms with van der Waals surface area (Å²) >= 11 is 0.829. The van der Waals surface area contributed by atoms with Crippen molar-refractivity contribution in [2.24, 2.45) is 17.6 Å². The van der Waals surface area contributed by atoms with E-state index in [-0.39, 0.29) is 68.1 Å². The van der Waals surface area contributed by atoms with Crippen LogP contribution in [0, 0.1) is 11.8 Å². The van der Waals surface area contributed by atoms with E-state index in [1.165, 1.54) is 100 Å². The number of aromatic hydroxyl groups is 2. The molecule has 15 amide bonds. The number of hydrogen-bond acceptors (Lipinski definition) is 19. The van der Waals surface area contributed by atoms with Gasteiger partial charge in [-0.25, -0.2) is 0 Å².